The van der Waals surface area contributed by atoms with Crippen molar-refractivity contribution in [3.63, 3.8) is 0 Å². The van der Waals surface area contributed by atoms with Crippen LogP contribution in [0.3, 0.4) is 0 Å². The van der Waals surface area contributed by atoms with E-state index in [-0.39, 0.29) is 0 Å². The highest BCUT2D eigenvalue weighted by atomic mass is 16.3. The maximum atomic E-state index is 6.28. The van der Waals surface area contributed by atoms with Gasteiger partial charge in [0, 0.05) is 47.0 Å². The summed E-state index contributed by atoms with van der Waals surface area (Å²) in [6.45, 7) is 0. The zero-order valence-corrected chi connectivity index (χ0v) is 30.0. The van der Waals surface area contributed by atoms with Gasteiger partial charge in [0.15, 0.2) is 23.1 Å². The Labute approximate surface area is 326 Å². The molecule has 11 heteroatoms. The Kier molecular flexibility index (Phi) is 8.54. The monoisotopic (exact) mass is 736 g/mol. The van der Waals surface area contributed by atoms with Crippen LogP contribution in [0.4, 0.5) is 0 Å². The molecule has 8 heterocycles. The maximum Gasteiger partial charge on any atom is 0.227 e. The predicted octanol–water partition coefficient (Wildman–Crippen LogP) is 9.72. The highest BCUT2D eigenvalue weighted by Crippen LogP contribution is 2.34. The number of rotatable bonds is 8. The second kappa shape index (κ2) is 14.6. The number of oxazole rings is 1. The second-order valence-corrected chi connectivity index (χ2v) is 13.0. The molecule has 0 fully saturated rings. The molecule has 0 radical (unpaired) electrons. The van der Waals surface area contributed by atoms with Crippen molar-refractivity contribution in [2.75, 3.05) is 0 Å². The second-order valence-electron chi connectivity index (χ2n) is 13.0. The van der Waals surface area contributed by atoms with E-state index in [9.17, 15) is 0 Å². The normalized spacial score (nSPS) is 11.2. The molecule has 10 rings (SSSR count). The molecule has 0 N–H and O–H groups in total. The van der Waals surface area contributed by atoms with Crippen LogP contribution in [0.2, 0.25) is 0 Å². The van der Waals surface area contributed by atoms with Crippen molar-refractivity contribution >= 4 is 11.1 Å². The molecule has 11 nitrogen and oxygen atoms in total. The summed E-state index contributed by atoms with van der Waals surface area (Å²) in [5.41, 5.74) is 9.71. The minimum atomic E-state index is 0.421. The molecule has 0 unspecified atom stereocenters. The average molecular weight is 737 g/mol. The SMILES string of the molecule is c1ccc(-c2nc3ccc(-c4nc(-c5cc(-c6ccccn6)nc(-c6ccccn6)c5)nc(-c5cc(-c6ccccn6)nc(-c6ccccn6)c5)n4)cc3o2)cc1. The Hall–Kier alpha value is -8.18. The van der Waals surface area contributed by atoms with Gasteiger partial charge in [0.1, 0.15) is 5.52 Å². The first-order chi connectivity index (χ1) is 28.2. The molecule has 0 aliphatic rings. The van der Waals surface area contributed by atoms with E-state index in [0.717, 1.165) is 16.6 Å². The number of fused-ring (bicyclic) bond motifs is 1. The van der Waals surface area contributed by atoms with E-state index < -0.39 is 0 Å². The molecule has 0 bridgehead atoms. The number of hydrogen-bond acceptors (Lipinski definition) is 11. The van der Waals surface area contributed by atoms with Crippen LogP contribution in [-0.4, -0.2) is 49.8 Å². The summed E-state index contributed by atoms with van der Waals surface area (Å²) in [6, 6.07) is 46.2. The molecule has 268 valence electrons. The smallest absolute Gasteiger partial charge is 0.227 e. The fourth-order valence-electron chi connectivity index (χ4n) is 6.43. The Morgan fingerprint density at radius 1 is 0.298 bits per heavy atom. The fraction of sp³-hybridized carbons (Fsp3) is 0. The minimum Gasteiger partial charge on any atom is -0.436 e. The first kappa shape index (κ1) is 33.4. The average Bonchev–Trinajstić information content (AvgIpc) is 3.74. The van der Waals surface area contributed by atoms with Crippen molar-refractivity contribution in [2.45, 2.75) is 0 Å². The molecule has 8 aromatic heterocycles. The van der Waals surface area contributed by atoms with Crippen LogP contribution in [0, 0.1) is 0 Å². The number of benzene rings is 2. The van der Waals surface area contributed by atoms with Crippen molar-refractivity contribution < 1.29 is 4.42 Å². The van der Waals surface area contributed by atoms with E-state index >= 15 is 0 Å². The lowest BCUT2D eigenvalue weighted by atomic mass is 10.1. The van der Waals surface area contributed by atoms with E-state index in [1.807, 2.05) is 146 Å². The third-order valence-corrected chi connectivity index (χ3v) is 9.18. The standard InChI is InChI=1S/C46H28N10O/c1-2-12-29(13-3-1)46-53-37-19-18-30(28-42(37)57-46)43-54-44(31-24-38(33-14-4-8-20-47-33)51-39(25-31)34-15-5-9-21-48-34)56-45(55-43)32-26-40(35-16-6-10-22-49-35)52-41(27-32)36-17-7-11-23-50-36/h1-28H. The van der Waals surface area contributed by atoms with Gasteiger partial charge in [-0.05, 0) is 103 Å². The van der Waals surface area contributed by atoms with Crippen LogP contribution < -0.4 is 0 Å². The van der Waals surface area contributed by atoms with Crippen LogP contribution in [0.15, 0.2) is 175 Å². The first-order valence-electron chi connectivity index (χ1n) is 18.1. The van der Waals surface area contributed by atoms with Crippen LogP contribution in [0.1, 0.15) is 0 Å². The van der Waals surface area contributed by atoms with Gasteiger partial charge in [-0.3, -0.25) is 19.9 Å². The summed E-state index contributed by atoms with van der Waals surface area (Å²) in [7, 11) is 0. The van der Waals surface area contributed by atoms with Gasteiger partial charge in [0.25, 0.3) is 0 Å². The Morgan fingerprint density at radius 3 is 1.14 bits per heavy atom. The van der Waals surface area contributed by atoms with E-state index in [1.165, 1.54) is 0 Å². The van der Waals surface area contributed by atoms with Crippen LogP contribution in [-0.2, 0) is 0 Å². The molecular weight excluding hydrogens is 709 g/mol. The van der Waals surface area contributed by atoms with Crippen LogP contribution in [0.5, 0.6) is 0 Å². The molecule has 2 aromatic carbocycles. The Bertz CT molecular complexity index is 2740. The van der Waals surface area contributed by atoms with Gasteiger partial charge in [-0.1, -0.05) is 42.5 Å². The quantitative estimate of drug-likeness (QED) is 0.147. The Morgan fingerprint density at radius 2 is 0.719 bits per heavy atom. The topological polar surface area (TPSA) is 142 Å². The third-order valence-electron chi connectivity index (χ3n) is 9.18. The van der Waals surface area contributed by atoms with E-state index in [2.05, 4.69) is 19.9 Å². The van der Waals surface area contributed by atoms with Crippen LogP contribution >= 0.6 is 0 Å². The molecule has 0 saturated heterocycles. The summed E-state index contributed by atoms with van der Waals surface area (Å²) in [6.07, 6.45) is 6.98. The first-order valence-corrected chi connectivity index (χ1v) is 18.1. The van der Waals surface area contributed by atoms with Crippen molar-refractivity contribution in [3.05, 3.63) is 170 Å². The highest BCUT2D eigenvalue weighted by molar-refractivity contribution is 5.82. The molecule has 57 heavy (non-hydrogen) atoms. The van der Waals surface area contributed by atoms with Gasteiger partial charge in [0.05, 0.1) is 45.6 Å². The number of aromatic nitrogens is 10. The van der Waals surface area contributed by atoms with Crippen molar-refractivity contribution in [3.8, 4) is 91.2 Å². The maximum absolute atomic E-state index is 6.28. The summed E-state index contributed by atoms with van der Waals surface area (Å²) in [5.74, 6) is 1.80. The zero-order valence-electron chi connectivity index (χ0n) is 30.0. The molecule has 0 aliphatic carbocycles. The van der Waals surface area contributed by atoms with Gasteiger partial charge < -0.3 is 4.42 Å². The molecule has 0 spiro atoms. The molecule has 0 saturated carbocycles. The van der Waals surface area contributed by atoms with Gasteiger partial charge in [-0.25, -0.2) is 29.9 Å². The number of nitrogens with zero attached hydrogens (tertiary/aromatic N) is 10. The van der Waals surface area contributed by atoms with E-state index in [4.69, 9.17) is 34.3 Å². The summed E-state index contributed by atoms with van der Waals surface area (Å²) in [4.78, 5) is 48.5. The predicted molar refractivity (Wildman–Crippen MR) is 218 cm³/mol. The largest absolute Gasteiger partial charge is 0.436 e. The third kappa shape index (κ3) is 6.88. The zero-order chi connectivity index (χ0) is 38.0. The lowest BCUT2D eigenvalue weighted by molar-refractivity contribution is 0.620. The number of pyridine rings is 6. The molecule has 0 atom stereocenters. The fourth-order valence-corrected chi connectivity index (χ4v) is 6.43. The summed E-state index contributed by atoms with van der Waals surface area (Å²) < 4.78 is 6.28. The molecule has 0 aliphatic heterocycles. The molecule has 10 aromatic rings. The van der Waals surface area contributed by atoms with Crippen molar-refractivity contribution in [2.24, 2.45) is 0 Å². The Balaban J connectivity index is 1.20. The van der Waals surface area contributed by atoms with Gasteiger partial charge in [-0.2, -0.15) is 0 Å². The van der Waals surface area contributed by atoms with Gasteiger partial charge >= 0.3 is 0 Å². The lowest BCUT2D eigenvalue weighted by Crippen LogP contribution is -2.02. The van der Waals surface area contributed by atoms with Crippen molar-refractivity contribution in [1.29, 1.82) is 0 Å². The van der Waals surface area contributed by atoms with Gasteiger partial charge in [-0.15, -0.1) is 0 Å². The molecule has 0 amide bonds. The van der Waals surface area contributed by atoms with Gasteiger partial charge in [0.2, 0.25) is 5.89 Å². The van der Waals surface area contributed by atoms with E-state index in [1.54, 1.807) is 24.8 Å². The summed E-state index contributed by atoms with van der Waals surface area (Å²) >= 11 is 0. The van der Waals surface area contributed by atoms with Crippen molar-refractivity contribution in [1.82, 2.24) is 49.8 Å². The molecular formula is C46H28N10O. The minimum absolute atomic E-state index is 0.421. The summed E-state index contributed by atoms with van der Waals surface area (Å²) in [5, 5.41) is 0. The van der Waals surface area contributed by atoms with E-state index in [0.29, 0.717) is 85.6 Å². The van der Waals surface area contributed by atoms with Crippen LogP contribution in [0.25, 0.3) is 102 Å². The highest BCUT2D eigenvalue weighted by Gasteiger charge is 2.19. The number of hydrogen-bond donors (Lipinski definition) is 0. The lowest BCUT2D eigenvalue weighted by Gasteiger charge is -2.12.